The Morgan fingerprint density at radius 2 is 2.29 bits per heavy atom. The summed E-state index contributed by atoms with van der Waals surface area (Å²) in [6.45, 7) is 6.12. The molecule has 0 aromatic carbocycles. The fraction of sp³-hybridized carbons (Fsp3) is 0.545. The Hall–Kier alpha value is -1.25. The summed E-state index contributed by atoms with van der Waals surface area (Å²) in [7, 11) is 0. The Morgan fingerprint density at radius 1 is 1.57 bits per heavy atom. The molecule has 0 aliphatic carbocycles. The summed E-state index contributed by atoms with van der Waals surface area (Å²) in [5.41, 5.74) is 0.539. The fourth-order valence-electron chi connectivity index (χ4n) is 1.09. The number of carbonyl (C=O) groups excluding carboxylic acids is 1. The lowest BCUT2D eigenvalue weighted by Gasteiger charge is -2.19. The van der Waals surface area contributed by atoms with Gasteiger partial charge in [0.1, 0.15) is 12.2 Å². The van der Waals surface area contributed by atoms with Crippen LogP contribution in [0.4, 0.5) is 0 Å². The Balaban J connectivity index is 2.41. The van der Waals surface area contributed by atoms with Gasteiger partial charge in [-0.25, -0.2) is 0 Å². The summed E-state index contributed by atoms with van der Waals surface area (Å²) in [6, 6.07) is 0. The Bertz CT molecular complexity index is 269. The second kappa shape index (κ2) is 4.31. The van der Waals surface area contributed by atoms with Crippen molar-refractivity contribution < 1.29 is 14.3 Å². The maximum atomic E-state index is 11.4. The van der Waals surface area contributed by atoms with Crippen molar-refractivity contribution in [3.05, 3.63) is 24.0 Å². The Morgan fingerprint density at radius 3 is 2.79 bits per heavy atom. The van der Waals surface area contributed by atoms with Crippen LogP contribution in [0.3, 0.4) is 0 Å². The van der Waals surface area contributed by atoms with Gasteiger partial charge in [0.15, 0.2) is 0 Å². The lowest BCUT2D eigenvalue weighted by molar-refractivity contribution is -0.153. The zero-order valence-corrected chi connectivity index (χ0v) is 8.87. The minimum Gasteiger partial charge on any atom is -0.497 e. The lowest BCUT2D eigenvalue weighted by atomic mass is 10.1. The van der Waals surface area contributed by atoms with Crippen molar-refractivity contribution in [3.63, 3.8) is 0 Å². The maximum absolute atomic E-state index is 11.4. The SMILES string of the molecule is CC(C)(C)OC(=O)CC1=CCOC=C1. The average molecular weight is 196 g/mol. The van der Waals surface area contributed by atoms with E-state index in [0.29, 0.717) is 13.0 Å². The molecule has 0 spiro atoms. The normalized spacial score (nSPS) is 15.8. The van der Waals surface area contributed by atoms with E-state index in [0.717, 1.165) is 5.57 Å². The van der Waals surface area contributed by atoms with Gasteiger partial charge in [-0.05, 0) is 38.5 Å². The van der Waals surface area contributed by atoms with E-state index in [1.165, 1.54) is 0 Å². The molecule has 0 unspecified atom stereocenters. The first kappa shape index (κ1) is 10.8. The number of ether oxygens (including phenoxy) is 2. The third-order valence-corrected chi connectivity index (χ3v) is 1.59. The summed E-state index contributed by atoms with van der Waals surface area (Å²) < 4.78 is 10.2. The van der Waals surface area contributed by atoms with Crippen LogP contribution in [-0.4, -0.2) is 18.2 Å². The lowest BCUT2D eigenvalue weighted by Crippen LogP contribution is -2.24. The van der Waals surface area contributed by atoms with Crippen LogP contribution in [0.15, 0.2) is 24.0 Å². The minimum absolute atomic E-state index is 0.199. The average Bonchev–Trinajstić information content (AvgIpc) is 2.02. The zero-order chi connectivity index (χ0) is 10.6. The smallest absolute Gasteiger partial charge is 0.310 e. The minimum atomic E-state index is -0.410. The zero-order valence-electron chi connectivity index (χ0n) is 8.87. The molecule has 0 saturated carbocycles. The molecule has 1 aliphatic rings. The van der Waals surface area contributed by atoms with E-state index in [1.807, 2.05) is 26.8 Å². The monoisotopic (exact) mass is 196 g/mol. The molecule has 14 heavy (non-hydrogen) atoms. The van der Waals surface area contributed by atoms with E-state index in [9.17, 15) is 4.79 Å². The van der Waals surface area contributed by atoms with Gasteiger partial charge in [0, 0.05) is 0 Å². The van der Waals surface area contributed by atoms with Crippen LogP contribution < -0.4 is 0 Å². The predicted octanol–water partition coefficient (Wildman–Crippen LogP) is 2.19. The van der Waals surface area contributed by atoms with E-state index in [2.05, 4.69) is 0 Å². The van der Waals surface area contributed by atoms with Crippen LogP contribution in [-0.2, 0) is 14.3 Å². The molecule has 0 radical (unpaired) electrons. The molecule has 1 rings (SSSR count). The molecule has 0 amide bonds. The molecule has 78 valence electrons. The van der Waals surface area contributed by atoms with Gasteiger partial charge >= 0.3 is 5.97 Å². The first-order valence-corrected chi connectivity index (χ1v) is 4.66. The number of rotatable bonds is 2. The number of carbonyl (C=O) groups is 1. The van der Waals surface area contributed by atoms with E-state index < -0.39 is 5.60 Å². The van der Waals surface area contributed by atoms with Crippen LogP contribution >= 0.6 is 0 Å². The van der Waals surface area contributed by atoms with Gasteiger partial charge in [0.25, 0.3) is 0 Å². The number of esters is 1. The highest BCUT2D eigenvalue weighted by Crippen LogP contribution is 2.13. The molecule has 3 nitrogen and oxygen atoms in total. The number of hydrogen-bond acceptors (Lipinski definition) is 3. The first-order valence-electron chi connectivity index (χ1n) is 4.66. The van der Waals surface area contributed by atoms with Gasteiger partial charge in [0.2, 0.25) is 0 Å². The summed E-state index contributed by atoms with van der Waals surface area (Å²) in [5.74, 6) is -0.199. The Kier molecular flexibility index (Phi) is 3.33. The van der Waals surface area contributed by atoms with Gasteiger partial charge in [0.05, 0.1) is 12.7 Å². The first-order chi connectivity index (χ1) is 6.47. The fourth-order valence-corrected chi connectivity index (χ4v) is 1.09. The predicted molar refractivity (Wildman–Crippen MR) is 53.6 cm³/mol. The molecule has 0 saturated heterocycles. The van der Waals surface area contributed by atoms with Crippen molar-refractivity contribution in [2.24, 2.45) is 0 Å². The molecule has 3 heteroatoms. The summed E-state index contributed by atoms with van der Waals surface area (Å²) in [5, 5.41) is 0. The highest BCUT2D eigenvalue weighted by molar-refractivity contribution is 5.73. The highest BCUT2D eigenvalue weighted by atomic mass is 16.6. The second-order valence-electron chi connectivity index (χ2n) is 4.18. The van der Waals surface area contributed by atoms with E-state index >= 15 is 0 Å². The quantitative estimate of drug-likeness (QED) is 0.635. The summed E-state index contributed by atoms with van der Waals surface area (Å²) in [6.07, 6.45) is 5.58. The van der Waals surface area contributed by atoms with Crippen LogP contribution in [0.25, 0.3) is 0 Å². The molecule has 0 atom stereocenters. The van der Waals surface area contributed by atoms with Crippen molar-refractivity contribution in [1.29, 1.82) is 0 Å². The summed E-state index contributed by atoms with van der Waals surface area (Å²) >= 11 is 0. The van der Waals surface area contributed by atoms with E-state index in [-0.39, 0.29) is 5.97 Å². The standard InChI is InChI=1S/C11H16O3/c1-11(2,3)14-10(12)8-9-4-6-13-7-5-9/h4-6H,7-8H2,1-3H3. The van der Waals surface area contributed by atoms with Gasteiger partial charge < -0.3 is 9.47 Å². The topological polar surface area (TPSA) is 35.5 Å². The molecule has 0 bridgehead atoms. The molecule has 1 heterocycles. The maximum Gasteiger partial charge on any atom is 0.310 e. The van der Waals surface area contributed by atoms with E-state index in [1.54, 1.807) is 12.3 Å². The van der Waals surface area contributed by atoms with Crippen LogP contribution in [0.1, 0.15) is 27.2 Å². The van der Waals surface area contributed by atoms with Crippen LogP contribution in [0, 0.1) is 0 Å². The van der Waals surface area contributed by atoms with Crippen molar-refractivity contribution in [1.82, 2.24) is 0 Å². The van der Waals surface area contributed by atoms with Crippen molar-refractivity contribution >= 4 is 5.97 Å². The third-order valence-electron chi connectivity index (χ3n) is 1.59. The van der Waals surface area contributed by atoms with E-state index in [4.69, 9.17) is 9.47 Å². The van der Waals surface area contributed by atoms with Crippen molar-refractivity contribution in [2.75, 3.05) is 6.61 Å². The largest absolute Gasteiger partial charge is 0.497 e. The molecule has 0 fully saturated rings. The molecule has 0 aromatic heterocycles. The molecular formula is C11H16O3. The molecule has 0 N–H and O–H groups in total. The van der Waals surface area contributed by atoms with Crippen LogP contribution in [0.2, 0.25) is 0 Å². The summed E-state index contributed by atoms with van der Waals surface area (Å²) in [4.78, 5) is 11.4. The van der Waals surface area contributed by atoms with Gasteiger partial charge in [-0.3, -0.25) is 4.79 Å². The molecule has 0 aromatic rings. The van der Waals surface area contributed by atoms with Crippen molar-refractivity contribution in [2.45, 2.75) is 32.8 Å². The second-order valence-corrected chi connectivity index (χ2v) is 4.18. The van der Waals surface area contributed by atoms with Crippen molar-refractivity contribution in [3.8, 4) is 0 Å². The molecule has 1 aliphatic heterocycles. The Labute approximate surface area is 84.4 Å². The van der Waals surface area contributed by atoms with Gasteiger partial charge in [-0.15, -0.1) is 0 Å². The molecular weight excluding hydrogens is 180 g/mol. The highest BCUT2D eigenvalue weighted by Gasteiger charge is 2.16. The van der Waals surface area contributed by atoms with Gasteiger partial charge in [-0.1, -0.05) is 0 Å². The third kappa shape index (κ3) is 4.12. The number of hydrogen-bond donors (Lipinski definition) is 0. The van der Waals surface area contributed by atoms with Crippen LogP contribution in [0.5, 0.6) is 0 Å². The van der Waals surface area contributed by atoms with Gasteiger partial charge in [-0.2, -0.15) is 0 Å². The number of allylic oxidation sites excluding steroid dienone is 1.